The second kappa shape index (κ2) is 30.8. The van der Waals surface area contributed by atoms with Gasteiger partial charge in [-0.25, -0.2) is 0 Å². The summed E-state index contributed by atoms with van der Waals surface area (Å²) in [6, 6.07) is 0. The maximum Gasteiger partial charge on any atom is 2.00 e. The smallest absolute Gasteiger partial charge is 0.852 e. The first-order chi connectivity index (χ1) is 6.93. The van der Waals surface area contributed by atoms with Gasteiger partial charge in [-0.15, -0.1) is 24.4 Å². The van der Waals surface area contributed by atoms with Gasteiger partial charge in [0.15, 0.2) is 0 Å². The Morgan fingerprint density at radius 1 is 0.389 bits per heavy atom. The summed E-state index contributed by atoms with van der Waals surface area (Å²) in [4.78, 5) is 0. The summed E-state index contributed by atoms with van der Waals surface area (Å²) in [7, 11) is 0. The topological polar surface area (TPSA) is 92.2 Å². The van der Waals surface area contributed by atoms with Crippen LogP contribution in [0.4, 0.5) is 0 Å². The van der Waals surface area contributed by atoms with Crippen molar-refractivity contribution in [3.63, 3.8) is 0 Å². The van der Waals surface area contributed by atoms with Crippen LogP contribution in [0.1, 0.15) is 55.4 Å². The van der Waals surface area contributed by atoms with E-state index in [1.54, 1.807) is 55.4 Å². The Bertz CT molecular complexity index is 65.1. The molecule has 0 atom stereocenters. The molecule has 0 aromatic heterocycles. The first kappa shape index (κ1) is 36.5. The molecule has 0 aromatic carbocycles. The zero-order chi connectivity index (χ0) is 14.3. The van der Waals surface area contributed by atoms with Crippen LogP contribution in [-0.2, 0) is 39.0 Å². The molecular weight excluding hydrogens is 339 g/mol. The summed E-state index contributed by atoms with van der Waals surface area (Å²) in [5.41, 5.74) is 0. The molecule has 0 N–H and O–H groups in total. The van der Waals surface area contributed by atoms with E-state index < -0.39 is 24.4 Å². The minimum Gasteiger partial charge on any atom is -0.852 e. The average molecular weight is 367 g/mol. The molecule has 6 heteroatoms. The van der Waals surface area contributed by atoms with Crippen LogP contribution in [0.25, 0.3) is 0 Å². The molecule has 0 fully saturated rings. The van der Waals surface area contributed by atoms with E-state index in [0.29, 0.717) is 0 Å². The van der Waals surface area contributed by atoms with Crippen LogP contribution in [0.2, 0.25) is 0 Å². The van der Waals surface area contributed by atoms with Gasteiger partial charge in [0.05, 0.1) is 0 Å². The zero-order valence-corrected chi connectivity index (χ0v) is 19.3. The van der Waals surface area contributed by atoms with Crippen molar-refractivity contribution >= 4 is 0 Å². The van der Waals surface area contributed by atoms with E-state index in [1.807, 2.05) is 0 Å². The zero-order valence-electron chi connectivity index (χ0n) is 13.4. The van der Waals surface area contributed by atoms with Crippen LogP contribution in [0.15, 0.2) is 0 Å². The standard InChI is InChI=1S/4C3H7O.2Zn/c4*1-3(2)4;;/h4*3H,1-2H3;;/q4*-1;2*+2. The van der Waals surface area contributed by atoms with Crippen molar-refractivity contribution in [3.8, 4) is 0 Å². The average Bonchev–Trinajstić information content (AvgIpc) is 1.76. The molecule has 0 aliphatic heterocycles. The second-order valence-corrected chi connectivity index (χ2v) is 4.20. The Kier molecular flexibility index (Phi) is 62.5. The predicted octanol–water partition coefficient (Wildman–Crippen LogP) is -0.985. The van der Waals surface area contributed by atoms with Crippen LogP contribution < -0.4 is 20.4 Å². The van der Waals surface area contributed by atoms with Gasteiger partial charge in [0.1, 0.15) is 0 Å². The molecule has 0 rings (SSSR count). The molecule has 0 saturated heterocycles. The minimum atomic E-state index is -0.417. The number of hydrogen-bond acceptors (Lipinski definition) is 4. The molecule has 0 aliphatic carbocycles. The van der Waals surface area contributed by atoms with Crippen molar-refractivity contribution in [2.75, 3.05) is 0 Å². The van der Waals surface area contributed by atoms with Gasteiger partial charge in [-0.3, -0.25) is 0 Å². The van der Waals surface area contributed by atoms with E-state index in [2.05, 4.69) is 0 Å². The fraction of sp³-hybridized carbons (Fsp3) is 1.00. The molecule has 0 aliphatic rings. The molecule has 0 aromatic rings. The Morgan fingerprint density at radius 3 is 0.389 bits per heavy atom. The molecule has 104 valence electrons. The Labute approximate surface area is 139 Å². The molecule has 0 bridgehead atoms. The molecule has 0 amide bonds. The summed E-state index contributed by atoms with van der Waals surface area (Å²) in [6.45, 7) is 12.9. The van der Waals surface area contributed by atoms with Crippen molar-refractivity contribution < 1.29 is 59.4 Å². The SMILES string of the molecule is CC(C)[O-].CC(C)[O-].CC(C)[O-].CC(C)[O-].[Zn+2].[Zn+2]. The first-order valence-corrected chi connectivity index (χ1v) is 5.56. The van der Waals surface area contributed by atoms with Gasteiger partial charge < -0.3 is 20.4 Å². The third-order valence-electron chi connectivity index (χ3n) is 0. The summed E-state index contributed by atoms with van der Waals surface area (Å²) in [6.07, 6.45) is -1.67. The minimum absolute atomic E-state index is 0. The summed E-state index contributed by atoms with van der Waals surface area (Å²) in [5, 5.41) is 38.1. The van der Waals surface area contributed by atoms with Crippen molar-refractivity contribution in [1.29, 1.82) is 0 Å². The van der Waals surface area contributed by atoms with E-state index in [-0.39, 0.29) is 39.0 Å². The van der Waals surface area contributed by atoms with Crippen LogP contribution >= 0.6 is 0 Å². The molecule has 0 saturated carbocycles. The quantitative estimate of drug-likeness (QED) is 0.515. The van der Waals surface area contributed by atoms with Gasteiger partial charge in [0.2, 0.25) is 0 Å². The number of rotatable bonds is 0. The molecule has 18 heavy (non-hydrogen) atoms. The largest absolute Gasteiger partial charge is 2.00 e. The van der Waals surface area contributed by atoms with Crippen LogP contribution in [-0.4, -0.2) is 24.4 Å². The van der Waals surface area contributed by atoms with Gasteiger partial charge in [-0.05, 0) is 0 Å². The van der Waals surface area contributed by atoms with Crippen LogP contribution in [0.3, 0.4) is 0 Å². The normalized spacial score (nSPS) is 8.00. The molecular formula is C12H28O4Zn2. The van der Waals surface area contributed by atoms with Gasteiger partial charge in [0.25, 0.3) is 0 Å². The predicted molar refractivity (Wildman–Crippen MR) is 60.5 cm³/mol. The van der Waals surface area contributed by atoms with Crippen molar-refractivity contribution in [2.24, 2.45) is 0 Å². The van der Waals surface area contributed by atoms with E-state index in [0.717, 1.165) is 0 Å². The molecule has 4 nitrogen and oxygen atoms in total. The van der Waals surface area contributed by atoms with Crippen molar-refractivity contribution in [2.45, 2.75) is 79.8 Å². The summed E-state index contributed by atoms with van der Waals surface area (Å²) in [5.74, 6) is 0. The first-order valence-electron chi connectivity index (χ1n) is 5.56. The van der Waals surface area contributed by atoms with Gasteiger partial charge >= 0.3 is 39.0 Å². The van der Waals surface area contributed by atoms with E-state index in [1.165, 1.54) is 0 Å². The monoisotopic (exact) mass is 364 g/mol. The van der Waals surface area contributed by atoms with E-state index in [9.17, 15) is 20.4 Å². The third-order valence-corrected chi connectivity index (χ3v) is 0. The fourth-order valence-corrected chi connectivity index (χ4v) is 0. The summed E-state index contributed by atoms with van der Waals surface area (Å²) >= 11 is 0. The maximum absolute atomic E-state index is 9.53. The van der Waals surface area contributed by atoms with Crippen molar-refractivity contribution in [1.82, 2.24) is 0 Å². The maximum atomic E-state index is 9.53. The van der Waals surface area contributed by atoms with E-state index in [4.69, 9.17) is 0 Å². The molecule has 0 radical (unpaired) electrons. The van der Waals surface area contributed by atoms with Gasteiger partial charge in [-0.1, -0.05) is 55.4 Å². The molecule has 0 spiro atoms. The molecule has 0 heterocycles. The third kappa shape index (κ3) is 3740. The Balaban J connectivity index is -0.0000000257. The van der Waals surface area contributed by atoms with Crippen LogP contribution in [0, 0.1) is 0 Å². The molecule has 0 unspecified atom stereocenters. The Hall–Kier alpha value is 1.09. The Morgan fingerprint density at radius 2 is 0.389 bits per heavy atom. The van der Waals surface area contributed by atoms with E-state index >= 15 is 0 Å². The number of hydrogen-bond donors (Lipinski definition) is 0. The van der Waals surface area contributed by atoms with Crippen LogP contribution in [0.5, 0.6) is 0 Å². The van der Waals surface area contributed by atoms with Gasteiger partial charge in [0, 0.05) is 0 Å². The van der Waals surface area contributed by atoms with Gasteiger partial charge in [-0.2, -0.15) is 0 Å². The summed E-state index contributed by atoms with van der Waals surface area (Å²) < 4.78 is 0. The second-order valence-electron chi connectivity index (χ2n) is 4.20. The fourth-order valence-electron chi connectivity index (χ4n) is 0. The van der Waals surface area contributed by atoms with Crippen molar-refractivity contribution in [3.05, 3.63) is 0 Å².